The Balaban J connectivity index is 1.79. The molecule has 0 radical (unpaired) electrons. The standard InChI is InChI=1S/C23H25N5O4S2/c1-15-16(2)28(17-6-8-18(32-5)9-7-17)23(20(15)12-24)26-21(29)14-33-22-11-10-19(13-25-22)34(30,31)27(3)4/h6-11,13H,14H2,1-5H3,(H,26,29). The fraction of sp³-hybridized carbons (Fsp3) is 0.261. The summed E-state index contributed by atoms with van der Waals surface area (Å²) < 4.78 is 32.5. The Hall–Kier alpha value is -3.33. The topological polar surface area (TPSA) is 117 Å². The number of hydrogen-bond donors (Lipinski definition) is 1. The highest BCUT2D eigenvalue weighted by Gasteiger charge is 2.21. The number of hydrogen-bond acceptors (Lipinski definition) is 7. The number of pyridine rings is 1. The average Bonchev–Trinajstić information content (AvgIpc) is 3.06. The van der Waals surface area contributed by atoms with E-state index in [1.54, 1.807) is 13.2 Å². The number of ether oxygens (including phenoxy) is 1. The van der Waals surface area contributed by atoms with Crippen molar-refractivity contribution in [1.82, 2.24) is 13.9 Å². The number of anilines is 1. The van der Waals surface area contributed by atoms with Gasteiger partial charge < -0.3 is 10.1 Å². The smallest absolute Gasteiger partial charge is 0.244 e. The van der Waals surface area contributed by atoms with Gasteiger partial charge in [0.15, 0.2) is 0 Å². The number of sulfonamides is 1. The summed E-state index contributed by atoms with van der Waals surface area (Å²) in [4.78, 5) is 17.0. The maximum atomic E-state index is 12.8. The summed E-state index contributed by atoms with van der Waals surface area (Å²) in [5.41, 5.74) is 2.79. The van der Waals surface area contributed by atoms with E-state index in [-0.39, 0.29) is 16.6 Å². The van der Waals surface area contributed by atoms with Crippen LogP contribution in [0.25, 0.3) is 5.69 Å². The Morgan fingerprint density at radius 3 is 2.41 bits per heavy atom. The third-order valence-corrected chi connectivity index (χ3v) is 8.00. The maximum Gasteiger partial charge on any atom is 0.244 e. The second kappa shape index (κ2) is 10.3. The molecule has 11 heteroatoms. The molecule has 1 aromatic carbocycles. The Morgan fingerprint density at radius 1 is 1.21 bits per heavy atom. The number of benzene rings is 1. The zero-order valence-electron chi connectivity index (χ0n) is 19.5. The van der Waals surface area contributed by atoms with Gasteiger partial charge in [0.25, 0.3) is 0 Å². The summed E-state index contributed by atoms with van der Waals surface area (Å²) in [6.07, 6.45) is 1.27. The van der Waals surface area contributed by atoms with Gasteiger partial charge in [0.05, 0.1) is 23.5 Å². The second-order valence-electron chi connectivity index (χ2n) is 7.54. The van der Waals surface area contributed by atoms with Crippen molar-refractivity contribution in [3.8, 4) is 17.5 Å². The molecule has 0 atom stereocenters. The fourth-order valence-corrected chi connectivity index (χ4v) is 4.73. The average molecular weight is 500 g/mol. The van der Waals surface area contributed by atoms with Crippen LogP contribution in [-0.4, -0.2) is 55.1 Å². The first-order valence-corrected chi connectivity index (χ1v) is 12.6. The molecule has 0 aliphatic heterocycles. The molecule has 0 aliphatic carbocycles. The molecule has 2 heterocycles. The molecule has 0 saturated carbocycles. The highest BCUT2D eigenvalue weighted by atomic mass is 32.2. The van der Waals surface area contributed by atoms with Crippen LogP contribution in [0.15, 0.2) is 52.5 Å². The molecule has 0 bridgehead atoms. The molecular formula is C23H25N5O4S2. The predicted molar refractivity (Wildman–Crippen MR) is 131 cm³/mol. The number of carbonyl (C=O) groups excluding carboxylic acids is 1. The lowest BCUT2D eigenvalue weighted by molar-refractivity contribution is -0.113. The van der Waals surface area contributed by atoms with Crippen molar-refractivity contribution in [1.29, 1.82) is 5.26 Å². The molecule has 34 heavy (non-hydrogen) atoms. The van der Waals surface area contributed by atoms with Gasteiger partial charge >= 0.3 is 0 Å². The minimum absolute atomic E-state index is 0.0313. The number of amides is 1. The predicted octanol–water partition coefficient (Wildman–Crippen LogP) is 3.35. The number of methoxy groups -OCH3 is 1. The molecule has 3 rings (SSSR count). The van der Waals surface area contributed by atoms with Crippen LogP contribution >= 0.6 is 11.8 Å². The van der Waals surface area contributed by atoms with Crippen LogP contribution < -0.4 is 10.1 Å². The molecule has 1 N–H and O–H groups in total. The van der Waals surface area contributed by atoms with Crippen molar-refractivity contribution in [2.45, 2.75) is 23.8 Å². The SMILES string of the molecule is COc1ccc(-n2c(C)c(C)c(C#N)c2NC(=O)CSc2ccc(S(=O)(=O)N(C)C)cn2)cc1. The first-order valence-electron chi connectivity index (χ1n) is 10.2. The first-order chi connectivity index (χ1) is 16.1. The molecule has 0 aliphatic rings. The zero-order chi connectivity index (χ0) is 25.0. The molecule has 2 aromatic heterocycles. The number of nitrogens with zero attached hydrogens (tertiary/aromatic N) is 4. The van der Waals surface area contributed by atoms with Gasteiger partial charge in [0.1, 0.15) is 22.5 Å². The van der Waals surface area contributed by atoms with Gasteiger partial charge in [0, 0.05) is 31.7 Å². The highest BCUT2D eigenvalue weighted by molar-refractivity contribution is 7.99. The Kier molecular flexibility index (Phi) is 7.66. The molecule has 0 fully saturated rings. The van der Waals surface area contributed by atoms with E-state index in [9.17, 15) is 18.5 Å². The maximum absolute atomic E-state index is 12.8. The summed E-state index contributed by atoms with van der Waals surface area (Å²) >= 11 is 1.17. The number of rotatable bonds is 8. The van der Waals surface area contributed by atoms with Crippen LogP contribution in [0.3, 0.4) is 0 Å². The number of thioether (sulfide) groups is 1. The van der Waals surface area contributed by atoms with Crippen molar-refractivity contribution in [2.75, 3.05) is 32.3 Å². The quantitative estimate of drug-likeness (QED) is 0.472. The van der Waals surface area contributed by atoms with Crippen molar-refractivity contribution >= 4 is 33.5 Å². The van der Waals surface area contributed by atoms with E-state index in [0.29, 0.717) is 22.2 Å². The summed E-state index contributed by atoms with van der Waals surface area (Å²) in [5.74, 6) is 0.808. The number of carbonyl (C=O) groups is 1. The van der Waals surface area contributed by atoms with Crippen LogP contribution in [0.4, 0.5) is 5.82 Å². The van der Waals surface area contributed by atoms with Crippen molar-refractivity contribution < 1.29 is 17.9 Å². The highest BCUT2D eigenvalue weighted by Crippen LogP contribution is 2.31. The number of aromatic nitrogens is 2. The molecule has 3 aromatic rings. The minimum atomic E-state index is -3.57. The van der Waals surface area contributed by atoms with E-state index < -0.39 is 10.0 Å². The van der Waals surface area contributed by atoms with Crippen LogP contribution in [-0.2, 0) is 14.8 Å². The molecule has 0 spiro atoms. The van der Waals surface area contributed by atoms with Crippen LogP contribution in [0, 0.1) is 25.2 Å². The molecule has 0 unspecified atom stereocenters. The normalized spacial score (nSPS) is 11.3. The van der Waals surface area contributed by atoms with Gasteiger partial charge in [-0.05, 0) is 55.8 Å². The first kappa shape index (κ1) is 25.3. The third kappa shape index (κ3) is 5.09. The lowest BCUT2D eigenvalue weighted by atomic mass is 10.2. The van der Waals surface area contributed by atoms with E-state index in [4.69, 9.17) is 4.74 Å². The third-order valence-electron chi connectivity index (χ3n) is 5.25. The van der Waals surface area contributed by atoms with Gasteiger partial charge in [0.2, 0.25) is 15.9 Å². The van der Waals surface area contributed by atoms with E-state index in [1.165, 1.54) is 38.1 Å². The van der Waals surface area contributed by atoms with Gasteiger partial charge in [-0.2, -0.15) is 5.26 Å². The van der Waals surface area contributed by atoms with E-state index in [0.717, 1.165) is 21.2 Å². The number of nitrogens with one attached hydrogen (secondary N) is 1. The monoisotopic (exact) mass is 499 g/mol. The summed E-state index contributed by atoms with van der Waals surface area (Å²) in [6, 6.07) is 12.5. The largest absolute Gasteiger partial charge is 0.497 e. The summed E-state index contributed by atoms with van der Waals surface area (Å²) in [7, 11) is 0.909. The molecule has 1 amide bonds. The minimum Gasteiger partial charge on any atom is -0.497 e. The second-order valence-corrected chi connectivity index (χ2v) is 10.7. The zero-order valence-corrected chi connectivity index (χ0v) is 21.1. The fourth-order valence-electron chi connectivity index (χ4n) is 3.24. The summed E-state index contributed by atoms with van der Waals surface area (Å²) in [5, 5.41) is 13.1. The van der Waals surface area contributed by atoms with Crippen LogP contribution in [0.2, 0.25) is 0 Å². The van der Waals surface area contributed by atoms with Gasteiger partial charge in [-0.25, -0.2) is 17.7 Å². The van der Waals surface area contributed by atoms with Gasteiger partial charge in [-0.15, -0.1) is 0 Å². The van der Waals surface area contributed by atoms with E-state index >= 15 is 0 Å². The van der Waals surface area contributed by atoms with Gasteiger partial charge in [-0.1, -0.05) is 11.8 Å². The van der Waals surface area contributed by atoms with E-state index in [2.05, 4.69) is 16.4 Å². The Labute approximate surface area is 203 Å². The molecule has 9 nitrogen and oxygen atoms in total. The molecular weight excluding hydrogens is 474 g/mol. The Morgan fingerprint density at radius 2 is 1.88 bits per heavy atom. The van der Waals surface area contributed by atoms with Crippen LogP contribution in [0.5, 0.6) is 5.75 Å². The molecule has 0 saturated heterocycles. The van der Waals surface area contributed by atoms with E-state index in [1.807, 2.05) is 42.7 Å². The Bertz CT molecular complexity index is 1340. The lowest BCUT2D eigenvalue weighted by Gasteiger charge is -2.14. The molecule has 178 valence electrons. The van der Waals surface area contributed by atoms with Crippen molar-refractivity contribution in [3.63, 3.8) is 0 Å². The van der Waals surface area contributed by atoms with Crippen molar-refractivity contribution in [2.24, 2.45) is 0 Å². The van der Waals surface area contributed by atoms with Crippen LogP contribution in [0.1, 0.15) is 16.8 Å². The summed E-state index contributed by atoms with van der Waals surface area (Å²) in [6.45, 7) is 3.73. The van der Waals surface area contributed by atoms with Crippen molar-refractivity contribution in [3.05, 3.63) is 59.4 Å². The lowest BCUT2D eigenvalue weighted by Crippen LogP contribution is -2.22. The van der Waals surface area contributed by atoms with Gasteiger partial charge in [-0.3, -0.25) is 9.36 Å². The number of nitriles is 1.